The number of likely N-dealkylation sites (tertiary alicyclic amines) is 1. The minimum absolute atomic E-state index is 0. The number of guanidine groups is 1. The Bertz CT molecular complexity index is 746. The van der Waals surface area contributed by atoms with Crippen LogP contribution in [0.5, 0.6) is 0 Å². The Morgan fingerprint density at radius 3 is 2.50 bits per heavy atom. The van der Waals surface area contributed by atoms with Crippen molar-refractivity contribution in [2.45, 2.75) is 26.3 Å². The van der Waals surface area contributed by atoms with E-state index in [1.807, 2.05) is 32.2 Å². The number of aromatic nitrogens is 1. The van der Waals surface area contributed by atoms with E-state index < -0.39 is 0 Å². The number of rotatable bonds is 3. The number of piperidine rings is 1. The van der Waals surface area contributed by atoms with E-state index in [1.54, 1.807) is 0 Å². The van der Waals surface area contributed by atoms with Crippen LogP contribution in [0.1, 0.15) is 29.8 Å². The van der Waals surface area contributed by atoms with E-state index in [1.165, 1.54) is 11.1 Å². The lowest BCUT2D eigenvalue weighted by Gasteiger charge is -2.31. The van der Waals surface area contributed by atoms with Crippen molar-refractivity contribution in [3.8, 4) is 0 Å². The molecule has 2 aromatic rings. The molecule has 0 amide bonds. The standard InChI is InChI=1S/C21H26N4.HI/c1-17-7-6-10-20(24-17)16-23-21(22-2)25-13-11-19(12-14-25)15-18-8-4-3-5-9-18;/h3-10,15H,11-14,16H2,1-2H3,(H,22,23);1H. The van der Waals surface area contributed by atoms with Crippen LogP contribution in [0.15, 0.2) is 59.1 Å². The molecule has 1 aliphatic rings. The number of nitrogens with one attached hydrogen (secondary N) is 1. The summed E-state index contributed by atoms with van der Waals surface area (Å²) in [4.78, 5) is 11.3. The summed E-state index contributed by atoms with van der Waals surface area (Å²) in [7, 11) is 1.85. The van der Waals surface area contributed by atoms with Gasteiger partial charge in [-0.3, -0.25) is 9.98 Å². The summed E-state index contributed by atoms with van der Waals surface area (Å²) >= 11 is 0. The second-order valence-electron chi connectivity index (χ2n) is 6.37. The van der Waals surface area contributed by atoms with Crippen LogP contribution in [0.4, 0.5) is 0 Å². The van der Waals surface area contributed by atoms with E-state index in [9.17, 15) is 0 Å². The lowest BCUT2D eigenvalue weighted by atomic mass is 10.0. The Morgan fingerprint density at radius 1 is 1.12 bits per heavy atom. The third kappa shape index (κ3) is 5.83. The molecule has 26 heavy (non-hydrogen) atoms. The van der Waals surface area contributed by atoms with Gasteiger partial charge < -0.3 is 10.2 Å². The van der Waals surface area contributed by atoms with Crippen LogP contribution in [0.3, 0.4) is 0 Å². The molecule has 0 saturated carbocycles. The zero-order valence-electron chi connectivity index (χ0n) is 15.5. The van der Waals surface area contributed by atoms with Crippen LogP contribution in [0, 0.1) is 6.92 Å². The van der Waals surface area contributed by atoms with Gasteiger partial charge in [0.2, 0.25) is 0 Å². The van der Waals surface area contributed by atoms with Gasteiger partial charge in [0, 0.05) is 25.8 Å². The fraction of sp³-hybridized carbons (Fsp3) is 0.333. The molecule has 3 rings (SSSR count). The SMILES string of the molecule is CN=C(NCc1cccc(C)n1)N1CCC(=Cc2ccccc2)CC1.I. The van der Waals surface area contributed by atoms with Gasteiger partial charge in [-0.2, -0.15) is 0 Å². The quantitative estimate of drug-likeness (QED) is 0.421. The highest BCUT2D eigenvalue weighted by Crippen LogP contribution is 2.19. The monoisotopic (exact) mass is 462 g/mol. The third-order valence-electron chi connectivity index (χ3n) is 4.46. The number of nitrogens with zero attached hydrogens (tertiary/aromatic N) is 3. The molecule has 1 aliphatic heterocycles. The van der Waals surface area contributed by atoms with Crippen LogP contribution in [-0.2, 0) is 6.54 Å². The molecule has 0 atom stereocenters. The molecule has 5 heteroatoms. The van der Waals surface area contributed by atoms with E-state index in [-0.39, 0.29) is 24.0 Å². The second kappa shape index (κ2) is 10.3. The fourth-order valence-corrected chi connectivity index (χ4v) is 3.13. The van der Waals surface area contributed by atoms with Gasteiger partial charge in [0.25, 0.3) is 0 Å². The molecule has 1 aromatic heterocycles. The molecule has 0 aliphatic carbocycles. The van der Waals surface area contributed by atoms with Crippen LogP contribution >= 0.6 is 24.0 Å². The van der Waals surface area contributed by atoms with Gasteiger partial charge in [0.15, 0.2) is 5.96 Å². The average molecular weight is 462 g/mol. The number of hydrogen-bond acceptors (Lipinski definition) is 2. The fourth-order valence-electron chi connectivity index (χ4n) is 3.13. The number of aryl methyl sites for hydroxylation is 1. The molecule has 0 unspecified atom stereocenters. The second-order valence-corrected chi connectivity index (χ2v) is 6.37. The summed E-state index contributed by atoms with van der Waals surface area (Å²) in [5.41, 5.74) is 4.89. The molecule has 138 valence electrons. The summed E-state index contributed by atoms with van der Waals surface area (Å²) < 4.78 is 0. The van der Waals surface area contributed by atoms with Crippen LogP contribution in [0.2, 0.25) is 0 Å². The zero-order valence-corrected chi connectivity index (χ0v) is 17.8. The first-order valence-electron chi connectivity index (χ1n) is 8.87. The zero-order chi connectivity index (χ0) is 17.5. The molecule has 0 spiro atoms. The maximum Gasteiger partial charge on any atom is 0.193 e. The molecular formula is C21H27IN4. The molecule has 1 N–H and O–H groups in total. The maximum absolute atomic E-state index is 4.54. The number of hydrogen-bond donors (Lipinski definition) is 1. The van der Waals surface area contributed by atoms with Crippen LogP contribution in [0.25, 0.3) is 6.08 Å². The van der Waals surface area contributed by atoms with Gasteiger partial charge in [-0.25, -0.2) is 0 Å². The van der Waals surface area contributed by atoms with Crippen molar-refractivity contribution in [3.63, 3.8) is 0 Å². The highest BCUT2D eigenvalue weighted by Gasteiger charge is 2.17. The Hall–Kier alpha value is -1.89. The number of halogens is 1. The summed E-state index contributed by atoms with van der Waals surface area (Å²) in [5, 5.41) is 3.44. The van der Waals surface area contributed by atoms with Crippen molar-refractivity contribution in [3.05, 3.63) is 71.1 Å². The molecular weight excluding hydrogens is 435 g/mol. The van der Waals surface area contributed by atoms with Gasteiger partial charge in [-0.1, -0.05) is 48.0 Å². The first kappa shape index (κ1) is 20.4. The van der Waals surface area contributed by atoms with Crippen molar-refractivity contribution >= 4 is 36.0 Å². The maximum atomic E-state index is 4.54. The smallest absolute Gasteiger partial charge is 0.193 e. The molecule has 4 nitrogen and oxygen atoms in total. The van der Waals surface area contributed by atoms with Crippen LogP contribution < -0.4 is 5.32 Å². The molecule has 0 radical (unpaired) electrons. The summed E-state index contributed by atoms with van der Waals surface area (Å²) in [5.74, 6) is 0.960. The Kier molecular flexibility index (Phi) is 8.09. The average Bonchev–Trinajstić information content (AvgIpc) is 2.64. The summed E-state index contributed by atoms with van der Waals surface area (Å²) in [6.45, 7) is 4.72. The van der Waals surface area contributed by atoms with E-state index in [4.69, 9.17) is 0 Å². The van der Waals surface area contributed by atoms with Gasteiger partial charge in [-0.05, 0) is 37.5 Å². The minimum atomic E-state index is 0. The van der Waals surface area contributed by atoms with E-state index in [0.29, 0.717) is 6.54 Å². The topological polar surface area (TPSA) is 40.5 Å². The first-order valence-corrected chi connectivity index (χ1v) is 8.87. The summed E-state index contributed by atoms with van der Waals surface area (Å²) in [6.07, 6.45) is 4.49. The predicted octanol–water partition coefficient (Wildman–Crippen LogP) is 4.26. The molecule has 0 bridgehead atoms. The van der Waals surface area contributed by atoms with Crippen molar-refractivity contribution in [2.75, 3.05) is 20.1 Å². The number of pyridine rings is 1. The lowest BCUT2D eigenvalue weighted by Crippen LogP contribution is -2.44. The molecule has 1 saturated heterocycles. The third-order valence-corrected chi connectivity index (χ3v) is 4.46. The lowest BCUT2D eigenvalue weighted by molar-refractivity contribution is 0.375. The van der Waals surface area contributed by atoms with Gasteiger partial charge >= 0.3 is 0 Å². The van der Waals surface area contributed by atoms with Gasteiger partial charge in [-0.15, -0.1) is 24.0 Å². The largest absolute Gasteiger partial charge is 0.351 e. The van der Waals surface area contributed by atoms with Gasteiger partial charge in [0.1, 0.15) is 0 Å². The van der Waals surface area contributed by atoms with Crippen LogP contribution in [-0.4, -0.2) is 36.0 Å². The van der Waals surface area contributed by atoms with Gasteiger partial charge in [0.05, 0.1) is 12.2 Å². The predicted molar refractivity (Wildman–Crippen MR) is 120 cm³/mol. The molecule has 1 fully saturated rings. The normalized spacial score (nSPS) is 14.6. The highest BCUT2D eigenvalue weighted by atomic mass is 127. The van der Waals surface area contributed by atoms with E-state index >= 15 is 0 Å². The Balaban J connectivity index is 0.00000243. The minimum Gasteiger partial charge on any atom is -0.351 e. The van der Waals surface area contributed by atoms with E-state index in [0.717, 1.165) is 43.3 Å². The molecule has 1 aromatic carbocycles. The van der Waals surface area contributed by atoms with E-state index in [2.05, 4.69) is 56.6 Å². The van der Waals surface area contributed by atoms with Crippen molar-refractivity contribution in [2.24, 2.45) is 4.99 Å². The first-order chi connectivity index (χ1) is 12.2. The summed E-state index contributed by atoms with van der Waals surface area (Å²) in [6, 6.07) is 16.7. The number of aliphatic imine (C=N–C) groups is 1. The Morgan fingerprint density at radius 2 is 1.85 bits per heavy atom. The molecule has 2 heterocycles. The highest BCUT2D eigenvalue weighted by molar-refractivity contribution is 14.0. The van der Waals surface area contributed by atoms with Crippen molar-refractivity contribution < 1.29 is 0 Å². The number of benzene rings is 1. The van der Waals surface area contributed by atoms with Crippen molar-refractivity contribution in [1.29, 1.82) is 0 Å². The Labute approximate surface area is 173 Å². The van der Waals surface area contributed by atoms with Crippen molar-refractivity contribution in [1.82, 2.24) is 15.2 Å².